The third-order valence-electron chi connectivity index (χ3n) is 4.28. The number of benzene rings is 1. The normalized spacial score (nSPS) is 11.2. The van der Waals surface area contributed by atoms with E-state index in [0.29, 0.717) is 27.2 Å². The molecule has 27 heavy (non-hydrogen) atoms. The summed E-state index contributed by atoms with van der Waals surface area (Å²) >= 11 is 13.4. The first kappa shape index (κ1) is 18.0. The molecular formula is C19H14Cl2N3O2S+. The number of aromatic nitrogens is 3. The molecule has 0 aliphatic heterocycles. The van der Waals surface area contributed by atoms with Gasteiger partial charge in [-0.2, -0.15) is 8.97 Å². The number of thiazole rings is 1. The highest BCUT2D eigenvalue weighted by Gasteiger charge is 2.26. The summed E-state index contributed by atoms with van der Waals surface area (Å²) in [5, 5.41) is 11.5. The third-order valence-corrected chi connectivity index (χ3v) is 5.62. The lowest BCUT2D eigenvalue weighted by atomic mass is 10.1. The van der Waals surface area contributed by atoms with Crippen LogP contribution in [-0.4, -0.2) is 14.5 Å². The van der Waals surface area contributed by atoms with E-state index in [2.05, 4.69) is 4.98 Å². The molecule has 5 nitrogen and oxygen atoms in total. The van der Waals surface area contributed by atoms with Crippen molar-refractivity contribution in [2.45, 2.75) is 13.5 Å². The smallest absolute Gasteiger partial charge is 0.354 e. The molecule has 0 fully saturated rings. The second-order valence-corrected chi connectivity index (χ2v) is 8.20. The molecule has 4 aromatic rings. The molecule has 1 N–H and O–H groups in total. The average Bonchev–Trinajstić information content (AvgIpc) is 3.04. The maximum atomic E-state index is 13.1. The van der Waals surface area contributed by atoms with Crippen LogP contribution in [0.2, 0.25) is 9.49 Å². The van der Waals surface area contributed by atoms with E-state index in [1.165, 1.54) is 15.7 Å². The molecule has 0 bridgehead atoms. The van der Waals surface area contributed by atoms with E-state index < -0.39 is 0 Å². The molecule has 4 rings (SSSR count). The summed E-state index contributed by atoms with van der Waals surface area (Å²) in [5.74, 6) is -0.124. The quantitative estimate of drug-likeness (QED) is 0.509. The molecular weight excluding hydrogens is 405 g/mol. The Balaban J connectivity index is 2.07. The van der Waals surface area contributed by atoms with Gasteiger partial charge in [0.05, 0.1) is 11.1 Å². The lowest BCUT2D eigenvalue weighted by Crippen LogP contribution is -2.41. The molecule has 0 spiro atoms. The molecule has 3 aromatic heterocycles. The molecule has 8 heteroatoms. The van der Waals surface area contributed by atoms with Crippen molar-refractivity contribution in [2.75, 3.05) is 0 Å². The fourth-order valence-corrected chi connectivity index (χ4v) is 4.28. The number of halogens is 2. The second kappa shape index (κ2) is 6.96. The van der Waals surface area contributed by atoms with Crippen molar-refractivity contribution in [3.05, 3.63) is 79.1 Å². The Morgan fingerprint density at radius 1 is 1.26 bits per heavy atom. The Morgan fingerprint density at radius 3 is 2.78 bits per heavy atom. The predicted octanol–water partition coefficient (Wildman–Crippen LogP) is 4.08. The summed E-state index contributed by atoms with van der Waals surface area (Å²) in [6.07, 6.45) is 3.35. The summed E-state index contributed by atoms with van der Waals surface area (Å²) < 4.78 is 3.65. The predicted molar refractivity (Wildman–Crippen MR) is 107 cm³/mol. The van der Waals surface area contributed by atoms with E-state index in [1.807, 2.05) is 13.0 Å². The summed E-state index contributed by atoms with van der Waals surface area (Å²) in [5.41, 5.74) is 1.90. The van der Waals surface area contributed by atoms with Gasteiger partial charge < -0.3 is 5.11 Å². The van der Waals surface area contributed by atoms with Crippen LogP contribution in [0.4, 0.5) is 0 Å². The van der Waals surface area contributed by atoms with Crippen LogP contribution < -0.4 is 10.1 Å². The fourth-order valence-electron chi connectivity index (χ4n) is 3.13. The van der Waals surface area contributed by atoms with Crippen molar-refractivity contribution in [1.82, 2.24) is 9.38 Å². The van der Waals surface area contributed by atoms with Crippen molar-refractivity contribution in [1.29, 1.82) is 0 Å². The van der Waals surface area contributed by atoms with E-state index in [1.54, 1.807) is 47.3 Å². The van der Waals surface area contributed by atoms with E-state index in [4.69, 9.17) is 23.2 Å². The van der Waals surface area contributed by atoms with Gasteiger partial charge in [0, 0.05) is 16.8 Å². The number of aromatic hydroxyl groups is 1. The van der Waals surface area contributed by atoms with Crippen LogP contribution in [0.5, 0.6) is 5.88 Å². The summed E-state index contributed by atoms with van der Waals surface area (Å²) in [6.45, 7) is 2.22. The minimum absolute atomic E-state index is 0.124. The topological polar surface area (TPSA) is 58.5 Å². The Kier molecular flexibility index (Phi) is 4.63. The Hall–Kier alpha value is -2.41. The zero-order valence-corrected chi connectivity index (χ0v) is 16.5. The first-order valence-corrected chi connectivity index (χ1v) is 9.66. The molecule has 3 heterocycles. The Bertz CT molecular complexity index is 1230. The minimum Gasteiger partial charge on any atom is -0.477 e. The second-order valence-electron chi connectivity index (χ2n) is 6.06. The number of rotatable bonds is 3. The fraction of sp³-hybridized carbons (Fsp3) is 0.105. The van der Waals surface area contributed by atoms with Gasteiger partial charge in [-0.15, -0.1) is 11.3 Å². The Labute approximate surface area is 168 Å². The molecule has 0 saturated heterocycles. The van der Waals surface area contributed by atoms with Crippen LogP contribution in [0.15, 0.2) is 53.6 Å². The standard InChI is InChI=1S/C19H13Cl2N3O2S/c1-11-4-3-7-23-16(11)24(10-14-9-22-19(21)27-14)18(26)15(17(23)25)12-5-2-6-13(20)8-12/h2-9H,10H2,1H3/p+1. The Morgan fingerprint density at radius 2 is 2.07 bits per heavy atom. The lowest BCUT2D eigenvalue weighted by Gasteiger charge is -2.11. The van der Waals surface area contributed by atoms with Gasteiger partial charge in [-0.1, -0.05) is 35.3 Å². The lowest BCUT2D eigenvalue weighted by molar-refractivity contribution is -0.671. The van der Waals surface area contributed by atoms with Crippen molar-refractivity contribution in [3.8, 4) is 17.0 Å². The SMILES string of the molecule is Cc1cccn2c(=O)c(-c3cccc(Cl)c3)c(O)[n+](Cc3cnc(Cl)s3)c12. The highest BCUT2D eigenvalue weighted by atomic mass is 35.5. The van der Waals surface area contributed by atoms with Crippen molar-refractivity contribution >= 4 is 40.2 Å². The number of hydrogen-bond donors (Lipinski definition) is 1. The number of aryl methyl sites for hydroxylation is 1. The molecule has 0 atom stereocenters. The minimum atomic E-state index is -0.313. The van der Waals surface area contributed by atoms with Crippen molar-refractivity contribution < 1.29 is 9.67 Å². The zero-order chi connectivity index (χ0) is 19.1. The number of nitrogens with zero attached hydrogens (tertiary/aromatic N) is 3. The molecule has 0 aliphatic carbocycles. The molecule has 0 radical (unpaired) electrons. The van der Waals surface area contributed by atoms with Crippen LogP contribution >= 0.6 is 34.5 Å². The number of hydrogen-bond acceptors (Lipinski definition) is 4. The largest absolute Gasteiger partial charge is 0.477 e. The highest BCUT2D eigenvalue weighted by Crippen LogP contribution is 2.27. The van der Waals surface area contributed by atoms with E-state index in [-0.39, 0.29) is 17.0 Å². The van der Waals surface area contributed by atoms with Crippen LogP contribution in [-0.2, 0) is 6.54 Å². The van der Waals surface area contributed by atoms with Gasteiger partial charge in [-0.3, -0.25) is 0 Å². The highest BCUT2D eigenvalue weighted by molar-refractivity contribution is 7.15. The monoisotopic (exact) mass is 418 g/mol. The molecule has 0 saturated carbocycles. The maximum absolute atomic E-state index is 13.1. The van der Waals surface area contributed by atoms with Crippen LogP contribution in [0.3, 0.4) is 0 Å². The summed E-state index contributed by atoms with van der Waals surface area (Å²) in [6, 6.07) is 10.6. The first-order chi connectivity index (χ1) is 13.0. The molecule has 1 aromatic carbocycles. The molecule has 0 amide bonds. The molecule has 0 unspecified atom stereocenters. The van der Waals surface area contributed by atoms with E-state index in [9.17, 15) is 9.90 Å². The third kappa shape index (κ3) is 3.20. The van der Waals surface area contributed by atoms with Crippen molar-refractivity contribution in [3.63, 3.8) is 0 Å². The van der Waals surface area contributed by atoms with Gasteiger partial charge in [0.25, 0.3) is 11.5 Å². The maximum Gasteiger partial charge on any atom is 0.354 e. The van der Waals surface area contributed by atoms with E-state index >= 15 is 0 Å². The number of pyridine rings is 1. The first-order valence-electron chi connectivity index (χ1n) is 8.08. The van der Waals surface area contributed by atoms with Gasteiger partial charge in [0.2, 0.25) is 0 Å². The molecule has 136 valence electrons. The van der Waals surface area contributed by atoms with Crippen molar-refractivity contribution in [2.24, 2.45) is 0 Å². The van der Waals surface area contributed by atoms with Crippen LogP contribution in [0, 0.1) is 6.92 Å². The van der Waals surface area contributed by atoms with Crippen LogP contribution in [0.1, 0.15) is 10.4 Å². The van der Waals surface area contributed by atoms with Gasteiger partial charge in [0.15, 0.2) is 10.0 Å². The summed E-state index contributed by atoms with van der Waals surface area (Å²) in [7, 11) is 0. The van der Waals surface area contributed by atoms with Gasteiger partial charge >= 0.3 is 5.56 Å². The van der Waals surface area contributed by atoms with Gasteiger partial charge in [-0.05, 0) is 36.8 Å². The zero-order valence-electron chi connectivity index (χ0n) is 14.2. The van der Waals surface area contributed by atoms with Crippen LogP contribution in [0.25, 0.3) is 16.8 Å². The van der Waals surface area contributed by atoms with Gasteiger partial charge in [-0.25, -0.2) is 9.78 Å². The summed E-state index contributed by atoms with van der Waals surface area (Å²) in [4.78, 5) is 18.1. The van der Waals surface area contributed by atoms with Gasteiger partial charge in [0.1, 0.15) is 6.54 Å². The average molecular weight is 419 g/mol. The molecule has 0 aliphatic rings. The van der Waals surface area contributed by atoms with E-state index in [0.717, 1.165) is 10.4 Å². The number of fused-ring (bicyclic) bond motifs is 1.